The molecule has 1 aromatic rings. The second-order valence-corrected chi connectivity index (χ2v) is 9.76. The summed E-state index contributed by atoms with van der Waals surface area (Å²) in [5.74, 6) is 3.80. The van der Waals surface area contributed by atoms with Crippen molar-refractivity contribution in [3.05, 3.63) is 60.2 Å². The van der Waals surface area contributed by atoms with Crippen LogP contribution in [0.5, 0.6) is 0 Å². The Morgan fingerprint density at radius 1 is 0.900 bits per heavy atom. The van der Waals surface area contributed by atoms with E-state index in [4.69, 9.17) is 4.74 Å². The summed E-state index contributed by atoms with van der Waals surface area (Å²) in [7, 11) is 0. The summed E-state index contributed by atoms with van der Waals surface area (Å²) in [6.45, 7) is 7.47. The molecule has 0 saturated heterocycles. The standard InChI is InChI=1S/C29H44O/c1-3-5-7-9-24-10-14-26(15-11-24)28-18-20-29(21-19-28)27-16-12-25(13-17-27)23-30-22-8-6-4-2/h3-5,12-13,16-17,24,26,28-29H,2,6-11,14-15,18-23H2,1H3. The molecule has 0 bridgehead atoms. The van der Waals surface area contributed by atoms with E-state index in [1.54, 1.807) is 5.56 Å². The summed E-state index contributed by atoms with van der Waals surface area (Å²) in [4.78, 5) is 0. The van der Waals surface area contributed by atoms with Gasteiger partial charge in [0, 0.05) is 6.61 Å². The van der Waals surface area contributed by atoms with Crippen LogP contribution in [-0.4, -0.2) is 6.61 Å². The first-order valence-corrected chi connectivity index (χ1v) is 12.7. The third-order valence-corrected chi connectivity index (χ3v) is 7.72. The molecule has 0 amide bonds. The summed E-state index contributed by atoms with van der Waals surface area (Å²) in [6, 6.07) is 9.29. The van der Waals surface area contributed by atoms with Crippen LogP contribution in [0.2, 0.25) is 0 Å². The second-order valence-electron chi connectivity index (χ2n) is 9.76. The van der Waals surface area contributed by atoms with Gasteiger partial charge in [0.1, 0.15) is 0 Å². The maximum atomic E-state index is 5.77. The first-order chi connectivity index (χ1) is 14.8. The first-order valence-electron chi connectivity index (χ1n) is 12.7. The van der Waals surface area contributed by atoms with Crippen molar-refractivity contribution in [3.8, 4) is 0 Å². The second kappa shape index (κ2) is 13.2. The van der Waals surface area contributed by atoms with E-state index in [1.165, 1.54) is 69.8 Å². The van der Waals surface area contributed by atoms with E-state index in [0.717, 1.165) is 49.7 Å². The SMILES string of the molecule is C=CCCCOCc1ccc(C2CCC(C3CCC(CCC=CC)CC3)CC2)cc1. The maximum Gasteiger partial charge on any atom is 0.0716 e. The topological polar surface area (TPSA) is 9.23 Å². The van der Waals surface area contributed by atoms with Gasteiger partial charge in [-0.3, -0.25) is 0 Å². The van der Waals surface area contributed by atoms with Crippen molar-refractivity contribution in [3.63, 3.8) is 0 Å². The molecule has 2 saturated carbocycles. The third-order valence-electron chi connectivity index (χ3n) is 7.72. The van der Waals surface area contributed by atoms with Crippen LogP contribution in [0.25, 0.3) is 0 Å². The van der Waals surface area contributed by atoms with E-state index < -0.39 is 0 Å². The van der Waals surface area contributed by atoms with Gasteiger partial charge < -0.3 is 4.74 Å². The molecular weight excluding hydrogens is 364 g/mol. The van der Waals surface area contributed by atoms with Crippen LogP contribution in [0.1, 0.15) is 101 Å². The van der Waals surface area contributed by atoms with E-state index >= 15 is 0 Å². The van der Waals surface area contributed by atoms with Gasteiger partial charge in [-0.05, 0) is 106 Å². The highest BCUT2D eigenvalue weighted by molar-refractivity contribution is 5.25. The van der Waals surface area contributed by atoms with Crippen LogP contribution in [-0.2, 0) is 11.3 Å². The lowest BCUT2D eigenvalue weighted by atomic mass is 9.68. The van der Waals surface area contributed by atoms with Gasteiger partial charge in [-0.2, -0.15) is 0 Å². The van der Waals surface area contributed by atoms with E-state index in [0.29, 0.717) is 0 Å². The number of ether oxygens (including phenoxy) is 1. The summed E-state index contributed by atoms with van der Waals surface area (Å²) in [6.07, 6.45) is 23.0. The van der Waals surface area contributed by atoms with Gasteiger partial charge in [0.25, 0.3) is 0 Å². The molecule has 3 rings (SSSR count). The van der Waals surface area contributed by atoms with Crippen molar-refractivity contribution in [2.45, 2.75) is 96.5 Å². The van der Waals surface area contributed by atoms with E-state index in [1.807, 2.05) is 6.08 Å². The Kier molecular flexibility index (Phi) is 10.2. The Morgan fingerprint density at radius 3 is 2.20 bits per heavy atom. The number of rotatable bonds is 11. The Morgan fingerprint density at radius 2 is 1.57 bits per heavy atom. The average molecular weight is 409 g/mol. The molecule has 166 valence electrons. The summed E-state index contributed by atoms with van der Waals surface area (Å²) in [5.41, 5.74) is 2.86. The van der Waals surface area contributed by atoms with Crippen LogP contribution in [0.4, 0.5) is 0 Å². The highest BCUT2D eigenvalue weighted by Gasteiger charge is 2.31. The molecule has 0 aliphatic heterocycles. The summed E-state index contributed by atoms with van der Waals surface area (Å²) < 4.78 is 5.77. The van der Waals surface area contributed by atoms with Crippen LogP contribution in [0.15, 0.2) is 49.1 Å². The van der Waals surface area contributed by atoms with Gasteiger partial charge in [-0.15, -0.1) is 6.58 Å². The number of unbranched alkanes of at least 4 members (excludes halogenated alkanes) is 1. The molecule has 0 N–H and O–H groups in total. The quantitative estimate of drug-likeness (QED) is 0.263. The zero-order valence-electron chi connectivity index (χ0n) is 19.4. The average Bonchev–Trinajstić information content (AvgIpc) is 2.80. The van der Waals surface area contributed by atoms with Crippen LogP contribution < -0.4 is 0 Å². The molecule has 1 aromatic carbocycles. The van der Waals surface area contributed by atoms with Gasteiger partial charge in [0.05, 0.1) is 6.61 Å². The lowest BCUT2D eigenvalue weighted by molar-refractivity contribution is 0.119. The Balaban J connectivity index is 1.36. The van der Waals surface area contributed by atoms with E-state index in [9.17, 15) is 0 Å². The van der Waals surface area contributed by atoms with Crippen molar-refractivity contribution in [1.29, 1.82) is 0 Å². The monoisotopic (exact) mass is 408 g/mol. The van der Waals surface area contributed by atoms with Crippen molar-refractivity contribution >= 4 is 0 Å². The normalized spacial score (nSPS) is 27.4. The first kappa shape index (κ1) is 23.3. The van der Waals surface area contributed by atoms with Crippen LogP contribution in [0.3, 0.4) is 0 Å². The minimum Gasteiger partial charge on any atom is -0.377 e. The molecule has 0 radical (unpaired) electrons. The summed E-state index contributed by atoms with van der Waals surface area (Å²) >= 11 is 0. The highest BCUT2D eigenvalue weighted by Crippen LogP contribution is 2.44. The minimum absolute atomic E-state index is 0.738. The highest BCUT2D eigenvalue weighted by atomic mass is 16.5. The van der Waals surface area contributed by atoms with Gasteiger partial charge in [-0.25, -0.2) is 0 Å². The molecule has 2 aliphatic rings. The number of allylic oxidation sites excluding steroid dienone is 3. The van der Waals surface area contributed by atoms with Crippen LogP contribution >= 0.6 is 0 Å². The molecule has 1 heteroatoms. The predicted octanol–water partition coefficient (Wildman–Crippen LogP) is 8.61. The zero-order chi connectivity index (χ0) is 21.0. The molecule has 2 fully saturated rings. The molecule has 0 heterocycles. The van der Waals surface area contributed by atoms with Gasteiger partial charge >= 0.3 is 0 Å². The Labute approximate surface area is 186 Å². The minimum atomic E-state index is 0.738. The van der Waals surface area contributed by atoms with Crippen molar-refractivity contribution in [1.82, 2.24) is 0 Å². The van der Waals surface area contributed by atoms with E-state index in [2.05, 4.69) is 49.9 Å². The molecule has 0 aromatic heterocycles. The number of benzene rings is 1. The molecule has 1 nitrogen and oxygen atoms in total. The van der Waals surface area contributed by atoms with Crippen LogP contribution in [0, 0.1) is 17.8 Å². The predicted molar refractivity (Wildman–Crippen MR) is 130 cm³/mol. The lowest BCUT2D eigenvalue weighted by Crippen LogP contribution is -2.25. The van der Waals surface area contributed by atoms with Crippen molar-refractivity contribution in [2.24, 2.45) is 17.8 Å². The Hall–Kier alpha value is -1.34. The van der Waals surface area contributed by atoms with Gasteiger partial charge in [0.15, 0.2) is 0 Å². The van der Waals surface area contributed by atoms with Crippen molar-refractivity contribution < 1.29 is 4.74 Å². The maximum absolute atomic E-state index is 5.77. The summed E-state index contributed by atoms with van der Waals surface area (Å²) in [5, 5.41) is 0. The molecule has 0 atom stereocenters. The fraction of sp³-hybridized carbons (Fsp3) is 0.655. The molecule has 0 spiro atoms. The van der Waals surface area contributed by atoms with E-state index in [-0.39, 0.29) is 0 Å². The Bertz CT molecular complexity index is 612. The zero-order valence-corrected chi connectivity index (χ0v) is 19.4. The van der Waals surface area contributed by atoms with Crippen molar-refractivity contribution in [2.75, 3.05) is 6.61 Å². The largest absolute Gasteiger partial charge is 0.377 e. The third kappa shape index (κ3) is 7.41. The van der Waals surface area contributed by atoms with Gasteiger partial charge in [-0.1, -0.05) is 55.3 Å². The molecular formula is C29H44O. The number of hydrogen-bond donors (Lipinski definition) is 0. The fourth-order valence-electron chi connectivity index (χ4n) is 5.78. The lowest BCUT2D eigenvalue weighted by Gasteiger charge is -2.38. The molecule has 2 aliphatic carbocycles. The fourth-order valence-corrected chi connectivity index (χ4v) is 5.78. The molecule has 0 unspecified atom stereocenters. The molecule has 30 heavy (non-hydrogen) atoms. The van der Waals surface area contributed by atoms with Gasteiger partial charge in [0.2, 0.25) is 0 Å². The number of hydrogen-bond acceptors (Lipinski definition) is 1. The smallest absolute Gasteiger partial charge is 0.0716 e.